The van der Waals surface area contributed by atoms with Gasteiger partial charge in [-0.15, -0.1) is 0 Å². The number of aromatic nitrogens is 2. The van der Waals surface area contributed by atoms with Gasteiger partial charge in [0.05, 0.1) is 12.3 Å². The lowest BCUT2D eigenvalue weighted by molar-refractivity contribution is 0.361. The second-order valence-electron chi connectivity index (χ2n) is 22.2. The lowest BCUT2D eigenvalue weighted by atomic mass is 9.85. The van der Waals surface area contributed by atoms with Gasteiger partial charge in [0.1, 0.15) is 22.6 Å². The molecule has 4 aliphatic heterocycles. The van der Waals surface area contributed by atoms with Crippen LogP contribution in [0.15, 0.2) is 103 Å². The molecule has 0 spiro atoms. The van der Waals surface area contributed by atoms with Crippen LogP contribution in [-0.2, 0) is 34.4 Å². The van der Waals surface area contributed by atoms with Crippen molar-refractivity contribution in [2.24, 2.45) is 30.0 Å². The van der Waals surface area contributed by atoms with E-state index in [0.29, 0.717) is 67.5 Å². The molecule has 0 radical (unpaired) electrons. The molecule has 0 amide bonds. The first-order valence-electron chi connectivity index (χ1n) is 22.6. The molecule has 6 heterocycles. The molecule has 1 atom stereocenters. The Morgan fingerprint density at radius 3 is 1.37 bits per heavy atom. The maximum atomic E-state index is 14.7. The van der Waals surface area contributed by atoms with Crippen LogP contribution < -0.4 is 11.0 Å². The van der Waals surface area contributed by atoms with Crippen LogP contribution in [-0.4, -0.2) is 72.4 Å². The smallest absolute Gasteiger partial charge is 0.396 e. The Balaban J connectivity index is 1.46. The molecule has 1 unspecified atom stereocenters. The summed E-state index contributed by atoms with van der Waals surface area (Å²) in [7, 11) is -9.58. The van der Waals surface area contributed by atoms with Crippen LogP contribution in [0.25, 0.3) is 21.5 Å². The van der Waals surface area contributed by atoms with E-state index in [-0.39, 0.29) is 21.7 Å². The van der Waals surface area contributed by atoms with Crippen LogP contribution in [0.4, 0.5) is 11.6 Å². The lowest BCUT2D eigenvalue weighted by Crippen LogP contribution is -2.48. The minimum Gasteiger partial charge on any atom is -0.396 e. The maximum absolute atomic E-state index is 14.7. The normalized spacial score (nSPS) is 16.7. The number of fused-ring (bicyclic) bond motifs is 14. The molecule has 67 heavy (non-hydrogen) atoms. The lowest BCUT2D eigenvalue weighted by Gasteiger charge is -2.22. The molecular formula is C50H55AlN8O6P2. The predicted octanol–water partition coefficient (Wildman–Crippen LogP) is 9.49. The van der Waals surface area contributed by atoms with Crippen molar-refractivity contribution in [2.45, 2.75) is 105 Å². The zero-order valence-corrected chi connectivity index (χ0v) is 42.9. The largest absolute Gasteiger partial charge is 0.816 e. The van der Waals surface area contributed by atoms with Crippen molar-refractivity contribution >= 4 is 86.6 Å². The van der Waals surface area contributed by atoms with Crippen molar-refractivity contribution in [1.29, 1.82) is 0 Å². The number of aliphatic imine (C=N–C) groups is 4. The zero-order valence-electron chi connectivity index (χ0n) is 40.0. The maximum Gasteiger partial charge on any atom is 0.816 e. The highest BCUT2D eigenvalue weighted by Crippen LogP contribution is 2.50. The van der Waals surface area contributed by atoms with Crippen LogP contribution in [0, 0.1) is 0 Å². The average Bonchev–Trinajstić information content (AvgIpc) is 3.92. The van der Waals surface area contributed by atoms with Gasteiger partial charge in [0.15, 0.2) is 23.3 Å². The third kappa shape index (κ3) is 8.01. The van der Waals surface area contributed by atoms with Gasteiger partial charge in [-0.2, -0.15) is 0 Å². The Kier molecular flexibility index (Phi) is 10.3. The van der Waals surface area contributed by atoms with Gasteiger partial charge in [-0.1, -0.05) is 132 Å². The quantitative estimate of drug-likeness (QED) is 0.114. The fourth-order valence-electron chi connectivity index (χ4n) is 9.01. The minimum atomic E-state index is -4.85. The third-order valence-corrected chi connectivity index (χ3v) is 18.9. The highest BCUT2D eigenvalue weighted by Gasteiger charge is 2.47. The molecule has 10 rings (SSSR count). The van der Waals surface area contributed by atoms with Gasteiger partial charge in [-0.05, 0) is 68.2 Å². The van der Waals surface area contributed by atoms with Crippen LogP contribution in [0.3, 0.4) is 0 Å². The zero-order chi connectivity index (χ0) is 48.1. The first-order valence-corrected chi connectivity index (χ1v) is 27.6. The van der Waals surface area contributed by atoms with E-state index >= 15 is 0 Å². The highest BCUT2D eigenvalue weighted by atomic mass is 31.2. The second-order valence-corrected chi connectivity index (χ2v) is 28.2. The Labute approximate surface area is 394 Å². The molecule has 0 saturated heterocycles. The number of hydrogen-bond acceptors (Lipinski definition) is 9. The molecule has 3 N–H and O–H groups in total. The van der Waals surface area contributed by atoms with E-state index in [1.54, 1.807) is 0 Å². The van der Waals surface area contributed by atoms with Gasteiger partial charge >= 0.3 is 30.1 Å². The summed E-state index contributed by atoms with van der Waals surface area (Å²) in [4.78, 5) is 64.2. The first-order chi connectivity index (χ1) is 31.1. The van der Waals surface area contributed by atoms with Crippen molar-refractivity contribution in [3.05, 3.63) is 128 Å². The van der Waals surface area contributed by atoms with Crippen LogP contribution in [0.5, 0.6) is 0 Å². The standard InChI is InChI=1S/C48H48N8.C2H8O6P2.Al/c1-45(2,3)25-13-17-29-33(21-25)41-49-37(29)54-42-35-23-27(47(7,8)9)15-19-31(35)39(51-42)56-44-36-24-28(48(10,11)12)16-20-32(36)40(52-44)55-43-34-22-26(46(4,5)6)14-18-30(34)38(50-43)53-41;3-9(4,5)1-2-10(6,7)8;/h13-24H,1-12H3;1-2H2,(H2,3,4,5)(H2,6,7,8);/q-2;;+3/p-1. The summed E-state index contributed by atoms with van der Waals surface area (Å²) in [5.74, 6) is 2.37. The molecular weight excluding hydrogens is 898 g/mol. The summed E-state index contributed by atoms with van der Waals surface area (Å²) in [6.45, 7) is 25.7. The summed E-state index contributed by atoms with van der Waals surface area (Å²) in [6, 6.07) is 24.8. The van der Waals surface area contributed by atoms with E-state index in [0.717, 1.165) is 44.5 Å². The predicted molar refractivity (Wildman–Crippen MR) is 269 cm³/mol. The monoisotopic (exact) mass is 952 g/mol. The molecule has 14 nitrogen and oxygen atoms in total. The summed E-state index contributed by atoms with van der Waals surface area (Å²) >= 11 is -3.88. The Hall–Kier alpha value is -4.93. The molecule has 4 aromatic carbocycles. The first kappa shape index (κ1) is 45.8. The topological polar surface area (TPSA) is 188 Å². The SMILES string of the molecule is CC(C)(C)c1ccc2c(c1)C1=NC2=Nc2c3cc(C(C)(C)C)ccc3c3[n]2[Al]([O]P(=O)(O)CCP(=O)(O)O)[n]2c(c4ccc(C(C)(C)C)cc4c2=NC2=NC(=N3)c3cc(C(C)(C)C)ccc32)=N1. The van der Waals surface area contributed by atoms with Crippen molar-refractivity contribution in [2.75, 3.05) is 12.3 Å². The van der Waals surface area contributed by atoms with Crippen LogP contribution in [0.2, 0.25) is 0 Å². The van der Waals surface area contributed by atoms with E-state index in [9.17, 15) is 23.8 Å². The number of nitrogens with zero attached hydrogens (tertiary/aromatic N) is 8. The van der Waals surface area contributed by atoms with E-state index < -0.39 is 42.4 Å². The minimum absolute atomic E-state index is 0.209. The molecule has 2 aromatic heterocycles. The Morgan fingerprint density at radius 1 is 0.463 bits per heavy atom. The number of rotatable bonds is 5. The van der Waals surface area contributed by atoms with E-state index in [4.69, 9.17) is 33.5 Å². The van der Waals surface area contributed by atoms with Crippen molar-refractivity contribution in [3.63, 3.8) is 0 Å². The van der Waals surface area contributed by atoms with E-state index in [1.807, 2.05) is 31.4 Å². The molecule has 344 valence electrons. The molecule has 4 aliphatic rings. The fraction of sp³-hybridized carbons (Fsp3) is 0.360. The molecule has 0 aliphatic carbocycles. The second kappa shape index (κ2) is 15.0. The fourth-order valence-corrected chi connectivity index (χ4v) is 15.3. The van der Waals surface area contributed by atoms with Crippen molar-refractivity contribution < 1.29 is 27.4 Å². The van der Waals surface area contributed by atoms with Crippen LogP contribution >= 0.6 is 15.2 Å². The average molecular weight is 953 g/mol. The molecule has 0 fully saturated rings. The molecule has 6 bridgehead atoms. The van der Waals surface area contributed by atoms with Gasteiger partial charge < -0.3 is 25.4 Å². The van der Waals surface area contributed by atoms with Crippen molar-refractivity contribution in [3.8, 4) is 0 Å². The van der Waals surface area contributed by atoms with Gasteiger partial charge in [-0.3, -0.25) is 9.13 Å². The molecule has 17 heteroatoms. The van der Waals surface area contributed by atoms with Gasteiger partial charge in [0.2, 0.25) is 0 Å². The van der Waals surface area contributed by atoms with E-state index in [2.05, 4.69) is 132 Å². The number of amidine groups is 4. The summed E-state index contributed by atoms with van der Waals surface area (Å²) in [5.41, 5.74) is 7.04. The van der Waals surface area contributed by atoms with Gasteiger partial charge in [0.25, 0.3) is 0 Å². The molecule has 6 aromatic rings. The highest BCUT2D eigenvalue weighted by molar-refractivity contribution is 7.57. The van der Waals surface area contributed by atoms with Gasteiger partial charge in [0, 0.05) is 43.8 Å². The summed E-state index contributed by atoms with van der Waals surface area (Å²) in [6.07, 6.45) is -1.67. The third-order valence-electron chi connectivity index (χ3n) is 13.0. The van der Waals surface area contributed by atoms with Crippen LogP contribution in [0.1, 0.15) is 128 Å². The number of hydrogen-bond donors (Lipinski definition) is 3. The Bertz CT molecular complexity index is 3550. The van der Waals surface area contributed by atoms with Crippen molar-refractivity contribution in [1.82, 2.24) is 7.10 Å². The van der Waals surface area contributed by atoms with E-state index in [1.165, 1.54) is 0 Å². The summed E-state index contributed by atoms with van der Waals surface area (Å²) in [5, 5.41) is 2.79. The molecule has 0 saturated carbocycles. The van der Waals surface area contributed by atoms with Gasteiger partial charge in [-0.25, -0.2) is 30.0 Å². The summed E-state index contributed by atoms with van der Waals surface area (Å²) < 4.78 is 37.4. The number of benzene rings is 4. The Morgan fingerprint density at radius 2 is 0.866 bits per heavy atom.